The Bertz CT molecular complexity index is 1360. The fraction of sp³-hybridized carbons (Fsp3) is 0.273. The van der Waals surface area contributed by atoms with Gasteiger partial charge in [0, 0.05) is 17.9 Å². The molecule has 5 rings (SSSR count). The number of hydrogen-bond acceptors (Lipinski definition) is 5. The van der Waals surface area contributed by atoms with Crippen molar-refractivity contribution in [2.45, 2.75) is 38.8 Å². The van der Waals surface area contributed by atoms with Gasteiger partial charge in [0.05, 0.1) is 22.4 Å². The van der Waals surface area contributed by atoms with Crippen molar-refractivity contribution in [3.8, 4) is 6.07 Å². The number of anilines is 1. The molecule has 1 aromatic carbocycles. The van der Waals surface area contributed by atoms with Crippen molar-refractivity contribution in [1.82, 2.24) is 19.5 Å². The Morgan fingerprint density at radius 1 is 1.31 bits per heavy atom. The molecule has 3 heterocycles. The summed E-state index contributed by atoms with van der Waals surface area (Å²) in [7, 11) is 0. The number of H-pyrrole nitrogens is 1. The molecule has 0 spiro atoms. The van der Waals surface area contributed by atoms with Crippen LogP contribution in [0.5, 0.6) is 0 Å². The van der Waals surface area contributed by atoms with E-state index in [-0.39, 0.29) is 17.6 Å². The second-order valence-corrected chi connectivity index (χ2v) is 7.64. The highest BCUT2D eigenvalue weighted by atomic mass is 16.1. The van der Waals surface area contributed by atoms with Crippen LogP contribution in [-0.2, 0) is 0 Å². The first-order valence-electron chi connectivity index (χ1n) is 9.72. The second-order valence-electron chi connectivity index (χ2n) is 7.64. The van der Waals surface area contributed by atoms with Crippen molar-refractivity contribution in [3.05, 3.63) is 64.0 Å². The number of nitriles is 1. The molecule has 2 N–H and O–H groups in total. The fourth-order valence-electron chi connectivity index (χ4n) is 4.05. The zero-order valence-electron chi connectivity index (χ0n) is 16.2. The van der Waals surface area contributed by atoms with Gasteiger partial charge in [0.2, 0.25) is 0 Å². The first-order chi connectivity index (χ1) is 14.1. The predicted octanol–water partition coefficient (Wildman–Crippen LogP) is 3.96. The smallest absolute Gasteiger partial charge is 0.259 e. The zero-order chi connectivity index (χ0) is 20.1. The van der Waals surface area contributed by atoms with Gasteiger partial charge in [-0.25, -0.2) is 9.97 Å². The van der Waals surface area contributed by atoms with E-state index < -0.39 is 0 Å². The normalized spacial score (nSPS) is 14.8. The van der Waals surface area contributed by atoms with Crippen molar-refractivity contribution in [3.63, 3.8) is 0 Å². The minimum absolute atomic E-state index is 0.0685. The number of fused-ring (bicyclic) bond motifs is 2. The molecular weight excluding hydrogens is 364 g/mol. The van der Waals surface area contributed by atoms with Gasteiger partial charge in [-0.1, -0.05) is 18.2 Å². The Morgan fingerprint density at radius 2 is 2.14 bits per heavy atom. The molecule has 1 atom stereocenters. The summed E-state index contributed by atoms with van der Waals surface area (Å²) < 4.78 is 1.94. The van der Waals surface area contributed by atoms with Gasteiger partial charge < -0.3 is 14.9 Å². The predicted molar refractivity (Wildman–Crippen MR) is 112 cm³/mol. The number of rotatable bonds is 4. The molecule has 1 fully saturated rings. The highest BCUT2D eigenvalue weighted by Gasteiger charge is 2.29. The lowest BCUT2D eigenvalue weighted by Gasteiger charge is -2.21. The Hall–Kier alpha value is -3.66. The maximum Gasteiger partial charge on any atom is 0.259 e. The van der Waals surface area contributed by atoms with E-state index in [0.717, 1.165) is 34.9 Å². The van der Waals surface area contributed by atoms with Crippen molar-refractivity contribution < 1.29 is 0 Å². The number of nitrogens with one attached hydrogen (secondary N) is 2. The SMILES string of the molecule is Cc1cccc2cc(C(C)Nc3ncnc4[nH]cc(C#N)c34)n(C3CC3)c(=O)c12. The van der Waals surface area contributed by atoms with Gasteiger partial charge in [-0.05, 0) is 43.7 Å². The largest absolute Gasteiger partial charge is 0.361 e. The van der Waals surface area contributed by atoms with Crippen LogP contribution in [0.2, 0.25) is 0 Å². The molecule has 7 heteroatoms. The van der Waals surface area contributed by atoms with Crippen LogP contribution in [0.3, 0.4) is 0 Å². The van der Waals surface area contributed by atoms with E-state index in [1.165, 1.54) is 6.33 Å². The number of aromatic nitrogens is 4. The number of aromatic amines is 1. The summed E-state index contributed by atoms with van der Waals surface area (Å²) in [5.41, 5.74) is 3.09. The van der Waals surface area contributed by atoms with Crippen molar-refractivity contribution in [1.29, 1.82) is 5.26 Å². The summed E-state index contributed by atoms with van der Waals surface area (Å²) in [6.45, 7) is 4.00. The van der Waals surface area contributed by atoms with E-state index in [0.29, 0.717) is 22.4 Å². The van der Waals surface area contributed by atoms with Crippen LogP contribution in [0.1, 0.15) is 48.7 Å². The van der Waals surface area contributed by atoms with E-state index in [1.54, 1.807) is 6.20 Å². The number of pyridine rings is 1. The highest BCUT2D eigenvalue weighted by Crippen LogP contribution is 2.37. The molecule has 144 valence electrons. The number of hydrogen-bond donors (Lipinski definition) is 2. The van der Waals surface area contributed by atoms with Gasteiger partial charge in [0.1, 0.15) is 23.9 Å². The molecule has 0 radical (unpaired) electrons. The molecule has 29 heavy (non-hydrogen) atoms. The highest BCUT2D eigenvalue weighted by molar-refractivity contribution is 5.92. The Kier molecular flexibility index (Phi) is 3.88. The topological polar surface area (TPSA) is 99.4 Å². The van der Waals surface area contributed by atoms with Crippen LogP contribution in [0.4, 0.5) is 5.82 Å². The molecule has 4 aromatic rings. The number of aryl methyl sites for hydroxylation is 1. The van der Waals surface area contributed by atoms with E-state index in [4.69, 9.17) is 0 Å². The maximum absolute atomic E-state index is 13.3. The molecule has 0 amide bonds. The number of nitrogens with zero attached hydrogens (tertiary/aromatic N) is 4. The molecule has 3 aromatic heterocycles. The molecule has 0 bridgehead atoms. The van der Waals surface area contributed by atoms with Gasteiger partial charge in [-0.15, -0.1) is 0 Å². The summed E-state index contributed by atoms with van der Waals surface area (Å²) in [4.78, 5) is 24.9. The van der Waals surface area contributed by atoms with E-state index in [1.807, 2.05) is 36.6 Å². The monoisotopic (exact) mass is 384 g/mol. The summed E-state index contributed by atoms with van der Waals surface area (Å²) in [5, 5.41) is 15.2. The van der Waals surface area contributed by atoms with Crippen LogP contribution in [0.15, 0.2) is 41.6 Å². The molecule has 1 aliphatic carbocycles. The minimum atomic E-state index is -0.173. The molecule has 1 unspecified atom stereocenters. The summed E-state index contributed by atoms with van der Waals surface area (Å²) in [6, 6.07) is 10.3. The lowest BCUT2D eigenvalue weighted by atomic mass is 10.0. The first kappa shape index (κ1) is 17.4. The Labute approximate surface area is 167 Å². The third-order valence-electron chi connectivity index (χ3n) is 5.62. The van der Waals surface area contributed by atoms with Crippen molar-refractivity contribution in [2.75, 3.05) is 5.32 Å². The number of benzene rings is 1. The van der Waals surface area contributed by atoms with Gasteiger partial charge in [0.25, 0.3) is 5.56 Å². The van der Waals surface area contributed by atoms with Crippen LogP contribution in [-0.4, -0.2) is 19.5 Å². The van der Waals surface area contributed by atoms with E-state index in [9.17, 15) is 10.1 Å². The molecular formula is C22H20N6O. The average Bonchev–Trinajstić information content (AvgIpc) is 3.45. The van der Waals surface area contributed by atoms with E-state index >= 15 is 0 Å². The summed E-state index contributed by atoms with van der Waals surface area (Å²) in [5.74, 6) is 0.583. The molecule has 0 saturated heterocycles. The minimum Gasteiger partial charge on any atom is -0.361 e. The summed E-state index contributed by atoms with van der Waals surface area (Å²) in [6.07, 6.45) is 5.14. The Morgan fingerprint density at radius 3 is 2.90 bits per heavy atom. The van der Waals surface area contributed by atoms with Crippen LogP contribution in [0, 0.1) is 18.3 Å². The van der Waals surface area contributed by atoms with Gasteiger partial charge in [-0.2, -0.15) is 5.26 Å². The third kappa shape index (κ3) is 2.76. The van der Waals surface area contributed by atoms with Gasteiger partial charge in [0.15, 0.2) is 0 Å². The lowest BCUT2D eigenvalue weighted by Crippen LogP contribution is -2.26. The fourth-order valence-corrected chi connectivity index (χ4v) is 4.05. The molecule has 1 aliphatic rings. The second kappa shape index (κ2) is 6.45. The van der Waals surface area contributed by atoms with Crippen molar-refractivity contribution in [2.24, 2.45) is 0 Å². The van der Waals surface area contributed by atoms with Crippen LogP contribution in [0.25, 0.3) is 21.8 Å². The molecule has 1 saturated carbocycles. The average molecular weight is 384 g/mol. The summed E-state index contributed by atoms with van der Waals surface area (Å²) >= 11 is 0. The van der Waals surface area contributed by atoms with Crippen LogP contribution >= 0.6 is 0 Å². The van der Waals surface area contributed by atoms with Gasteiger partial charge in [-0.3, -0.25) is 4.79 Å². The maximum atomic E-state index is 13.3. The Balaban J connectivity index is 1.65. The van der Waals surface area contributed by atoms with Crippen molar-refractivity contribution >= 4 is 27.6 Å². The standard InChI is InChI=1S/C22H20N6O/c1-12-4-3-5-14-8-17(28(16-6-7-16)22(29)18(12)14)13(2)27-21-19-15(9-23)10-24-20(19)25-11-26-21/h3-5,8,10-11,13,16H,6-7H2,1-2H3,(H2,24,25,26,27). The molecule has 7 nitrogen and oxygen atoms in total. The third-order valence-corrected chi connectivity index (χ3v) is 5.62. The molecule has 0 aliphatic heterocycles. The van der Waals surface area contributed by atoms with Gasteiger partial charge >= 0.3 is 0 Å². The van der Waals surface area contributed by atoms with E-state index in [2.05, 4.69) is 32.4 Å². The first-order valence-corrected chi connectivity index (χ1v) is 9.72. The van der Waals surface area contributed by atoms with Crippen LogP contribution < -0.4 is 10.9 Å². The quantitative estimate of drug-likeness (QED) is 0.555. The zero-order valence-corrected chi connectivity index (χ0v) is 16.2. The lowest BCUT2D eigenvalue weighted by molar-refractivity contribution is 0.636.